The molecule has 0 fully saturated rings. The van der Waals surface area contributed by atoms with Crippen molar-refractivity contribution in [3.8, 4) is 39.4 Å². The number of fused-ring (bicyclic) bond motifs is 7. The Labute approximate surface area is 271 Å². The SMILES string of the molecule is CC(C)c1cc2c3c(c1)-n1c4ccc(-c5ccccc5)cc4c4cc(-c5ccccc5)cc(c41)B3c1cc(C(C)(C)C)ccc1O2. The van der Waals surface area contributed by atoms with E-state index in [1.165, 1.54) is 77.3 Å². The summed E-state index contributed by atoms with van der Waals surface area (Å²) in [5, 5.41) is 2.58. The van der Waals surface area contributed by atoms with Crippen LogP contribution in [0.4, 0.5) is 0 Å². The maximum absolute atomic E-state index is 6.86. The van der Waals surface area contributed by atoms with E-state index in [0.717, 1.165) is 11.5 Å². The average Bonchev–Trinajstić information content (AvgIpc) is 3.40. The molecule has 2 aliphatic rings. The Morgan fingerprint density at radius 1 is 0.609 bits per heavy atom. The van der Waals surface area contributed by atoms with E-state index in [9.17, 15) is 0 Å². The van der Waals surface area contributed by atoms with Crippen molar-refractivity contribution in [2.24, 2.45) is 0 Å². The fraction of sp³-hybridized carbons (Fsp3) is 0.163. The van der Waals surface area contributed by atoms with Gasteiger partial charge in [-0.25, -0.2) is 0 Å². The number of rotatable bonds is 3. The van der Waals surface area contributed by atoms with Crippen molar-refractivity contribution in [2.75, 3.05) is 0 Å². The van der Waals surface area contributed by atoms with Gasteiger partial charge in [0.1, 0.15) is 11.5 Å². The molecule has 9 rings (SSSR count). The summed E-state index contributed by atoms with van der Waals surface area (Å²) in [4.78, 5) is 0. The zero-order valence-electron chi connectivity index (χ0n) is 27.1. The smallest absolute Gasteiger partial charge is 0.256 e. The molecular weight excluding hydrogens is 557 g/mol. The minimum atomic E-state index is 0.0260. The first-order valence-electron chi connectivity index (χ1n) is 16.5. The Morgan fingerprint density at radius 2 is 1.30 bits per heavy atom. The highest BCUT2D eigenvalue weighted by Gasteiger charge is 2.41. The van der Waals surface area contributed by atoms with Crippen LogP contribution in [-0.4, -0.2) is 11.3 Å². The normalized spacial score (nSPS) is 13.2. The van der Waals surface area contributed by atoms with E-state index < -0.39 is 0 Å². The van der Waals surface area contributed by atoms with Crippen molar-refractivity contribution in [3.63, 3.8) is 0 Å². The van der Waals surface area contributed by atoms with Gasteiger partial charge in [-0.15, -0.1) is 0 Å². The number of aromatic nitrogens is 1. The Morgan fingerprint density at radius 3 is 2.00 bits per heavy atom. The van der Waals surface area contributed by atoms with Gasteiger partial charge in [-0.05, 0) is 97.5 Å². The number of ether oxygens (including phenoxy) is 1. The summed E-state index contributed by atoms with van der Waals surface area (Å²) in [6, 6.07) is 45.1. The number of nitrogens with zero attached hydrogens (tertiary/aromatic N) is 1. The molecule has 46 heavy (non-hydrogen) atoms. The van der Waals surface area contributed by atoms with Crippen LogP contribution in [-0.2, 0) is 5.41 Å². The van der Waals surface area contributed by atoms with Gasteiger partial charge in [0, 0.05) is 22.0 Å². The fourth-order valence-corrected chi connectivity index (χ4v) is 7.71. The second-order valence-corrected chi connectivity index (χ2v) is 14.4. The van der Waals surface area contributed by atoms with Gasteiger partial charge in [-0.1, -0.05) is 120 Å². The van der Waals surface area contributed by atoms with Crippen molar-refractivity contribution in [1.82, 2.24) is 4.57 Å². The summed E-state index contributed by atoms with van der Waals surface area (Å²) in [7, 11) is 0. The van der Waals surface area contributed by atoms with Crippen LogP contribution in [0.5, 0.6) is 11.5 Å². The molecule has 0 N–H and O–H groups in total. The third kappa shape index (κ3) is 3.97. The number of hydrogen-bond acceptors (Lipinski definition) is 1. The molecule has 3 heteroatoms. The summed E-state index contributed by atoms with van der Waals surface area (Å²) < 4.78 is 9.40. The minimum absolute atomic E-state index is 0.0260. The Balaban J connectivity index is 1.45. The Hall–Kier alpha value is -5.02. The van der Waals surface area contributed by atoms with Crippen LogP contribution in [0.2, 0.25) is 0 Å². The quantitative estimate of drug-likeness (QED) is 0.186. The molecule has 222 valence electrons. The molecule has 0 unspecified atom stereocenters. The lowest BCUT2D eigenvalue weighted by molar-refractivity contribution is 0.485. The first-order valence-corrected chi connectivity index (χ1v) is 16.5. The van der Waals surface area contributed by atoms with Crippen LogP contribution in [0.3, 0.4) is 0 Å². The molecule has 0 saturated carbocycles. The van der Waals surface area contributed by atoms with E-state index in [0.29, 0.717) is 5.92 Å². The molecule has 0 atom stereocenters. The highest BCUT2D eigenvalue weighted by Crippen LogP contribution is 2.42. The van der Waals surface area contributed by atoms with Crippen molar-refractivity contribution in [2.45, 2.75) is 46.0 Å². The summed E-state index contributed by atoms with van der Waals surface area (Å²) in [5.41, 5.74) is 15.2. The Bertz CT molecular complexity index is 2340. The summed E-state index contributed by atoms with van der Waals surface area (Å²) in [5.74, 6) is 2.32. The first-order chi connectivity index (χ1) is 22.3. The van der Waals surface area contributed by atoms with E-state index >= 15 is 0 Å². The van der Waals surface area contributed by atoms with Crippen LogP contribution in [0.15, 0.2) is 121 Å². The third-order valence-corrected chi connectivity index (χ3v) is 10.2. The molecule has 7 aromatic rings. The maximum atomic E-state index is 6.86. The maximum Gasteiger partial charge on any atom is 0.256 e. The van der Waals surface area contributed by atoms with Crippen molar-refractivity contribution in [3.05, 3.63) is 132 Å². The molecular formula is C43H36BNO. The molecule has 2 nitrogen and oxygen atoms in total. The summed E-state index contributed by atoms with van der Waals surface area (Å²) >= 11 is 0. The highest BCUT2D eigenvalue weighted by atomic mass is 16.5. The summed E-state index contributed by atoms with van der Waals surface area (Å²) in [6.45, 7) is 11.5. The second kappa shape index (κ2) is 9.74. The topological polar surface area (TPSA) is 14.2 Å². The van der Waals surface area contributed by atoms with E-state index in [-0.39, 0.29) is 12.1 Å². The van der Waals surface area contributed by atoms with Crippen LogP contribution in [0.25, 0.3) is 49.7 Å². The Kier molecular flexibility index (Phi) is 5.78. The molecule has 3 heterocycles. The van der Waals surface area contributed by atoms with Gasteiger partial charge in [-0.2, -0.15) is 0 Å². The predicted octanol–water partition coefficient (Wildman–Crippen LogP) is 9.47. The molecule has 0 amide bonds. The molecule has 0 saturated heterocycles. The van der Waals surface area contributed by atoms with Gasteiger partial charge < -0.3 is 9.30 Å². The lowest BCUT2D eigenvalue weighted by Gasteiger charge is -2.35. The van der Waals surface area contributed by atoms with Gasteiger partial charge in [0.15, 0.2) is 0 Å². The first kappa shape index (κ1) is 27.3. The van der Waals surface area contributed by atoms with Crippen LogP contribution >= 0.6 is 0 Å². The minimum Gasteiger partial charge on any atom is -0.458 e. The lowest BCUT2D eigenvalue weighted by atomic mass is 9.34. The molecule has 0 spiro atoms. The van der Waals surface area contributed by atoms with Crippen LogP contribution in [0, 0.1) is 0 Å². The van der Waals surface area contributed by atoms with E-state index in [2.05, 4.69) is 161 Å². The molecule has 0 aliphatic carbocycles. The molecule has 6 aromatic carbocycles. The molecule has 2 aliphatic heterocycles. The molecule has 0 radical (unpaired) electrons. The van der Waals surface area contributed by atoms with Crippen LogP contribution in [0.1, 0.15) is 51.7 Å². The monoisotopic (exact) mass is 593 g/mol. The number of hydrogen-bond donors (Lipinski definition) is 0. The van der Waals surface area contributed by atoms with Gasteiger partial charge in [0.05, 0.1) is 5.52 Å². The molecule has 0 bridgehead atoms. The average molecular weight is 594 g/mol. The lowest BCUT2D eigenvalue weighted by Crippen LogP contribution is -2.58. The van der Waals surface area contributed by atoms with E-state index in [1.54, 1.807) is 0 Å². The van der Waals surface area contributed by atoms with Gasteiger partial charge in [0.25, 0.3) is 6.71 Å². The zero-order valence-corrected chi connectivity index (χ0v) is 27.1. The van der Waals surface area contributed by atoms with E-state index in [4.69, 9.17) is 4.74 Å². The fourth-order valence-electron chi connectivity index (χ4n) is 7.71. The van der Waals surface area contributed by atoms with Gasteiger partial charge >= 0.3 is 0 Å². The third-order valence-electron chi connectivity index (χ3n) is 10.2. The van der Waals surface area contributed by atoms with Crippen molar-refractivity contribution in [1.29, 1.82) is 0 Å². The largest absolute Gasteiger partial charge is 0.458 e. The van der Waals surface area contributed by atoms with Gasteiger partial charge in [-0.3, -0.25) is 0 Å². The second-order valence-electron chi connectivity index (χ2n) is 14.4. The predicted molar refractivity (Wildman–Crippen MR) is 196 cm³/mol. The summed E-state index contributed by atoms with van der Waals surface area (Å²) in [6.07, 6.45) is 0. The van der Waals surface area contributed by atoms with E-state index in [1.807, 2.05) is 0 Å². The van der Waals surface area contributed by atoms with Crippen molar-refractivity contribution < 1.29 is 4.74 Å². The zero-order chi connectivity index (χ0) is 31.3. The van der Waals surface area contributed by atoms with Crippen molar-refractivity contribution >= 4 is 44.9 Å². The molecule has 1 aromatic heterocycles. The number of benzene rings is 6. The highest BCUT2D eigenvalue weighted by molar-refractivity contribution is 6.99. The standard InChI is InChI=1S/C43H36BNO/c1-26(2)30-23-38-41-40(24-30)46-39-19-17-32(43(3,4)5)25-35(39)44(41)36-22-31(28-14-10-7-11-15-28)21-34-33-20-29(27-12-8-6-9-13-27)16-18-37(33)45(38)42(34)36/h6-26H,1-5H3. The van der Waals surface area contributed by atoms with Crippen LogP contribution < -0.4 is 21.1 Å². The van der Waals surface area contributed by atoms with Gasteiger partial charge in [0.2, 0.25) is 0 Å².